The maximum Gasteiger partial charge on any atom is 0.341 e. The van der Waals surface area contributed by atoms with Crippen LogP contribution in [0.15, 0.2) is 48.7 Å². The first-order valence-electron chi connectivity index (χ1n) is 11.2. The Labute approximate surface area is 192 Å². The highest BCUT2D eigenvalue weighted by molar-refractivity contribution is 6.06. The zero-order valence-corrected chi connectivity index (χ0v) is 18.7. The van der Waals surface area contributed by atoms with Crippen LogP contribution in [0.25, 0.3) is 10.9 Å². The molecule has 2 heterocycles. The van der Waals surface area contributed by atoms with Gasteiger partial charge in [0.05, 0.1) is 37.6 Å². The van der Waals surface area contributed by atoms with Gasteiger partial charge in [-0.3, -0.25) is 9.88 Å². The van der Waals surface area contributed by atoms with Crippen LogP contribution < -0.4 is 10.1 Å². The quantitative estimate of drug-likeness (QED) is 0.380. The maximum atomic E-state index is 14.0. The number of pyridine rings is 1. The third kappa shape index (κ3) is 5.97. The third-order valence-corrected chi connectivity index (χ3v) is 5.44. The fourth-order valence-electron chi connectivity index (χ4n) is 3.74. The second kappa shape index (κ2) is 11.1. The zero-order valence-electron chi connectivity index (χ0n) is 18.7. The number of rotatable bonds is 9. The minimum Gasteiger partial charge on any atom is -0.494 e. The second-order valence-electron chi connectivity index (χ2n) is 7.73. The number of hydrogen-bond acceptors (Lipinski definition) is 7. The van der Waals surface area contributed by atoms with Crippen molar-refractivity contribution in [1.82, 2.24) is 9.88 Å². The molecule has 1 aliphatic rings. The van der Waals surface area contributed by atoms with Gasteiger partial charge in [0.2, 0.25) is 0 Å². The number of aromatic nitrogens is 1. The summed E-state index contributed by atoms with van der Waals surface area (Å²) in [4.78, 5) is 19.1. The summed E-state index contributed by atoms with van der Waals surface area (Å²) in [6.45, 7) is 7.13. The van der Waals surface area contributed by atoms with Crippen LogP contribution in [0, 0.1) is 5.82 Å². The highest BCUT2D eigenvalue weighted by Gasteiger charge is 2.17. The van der Waals surface area contributed by atoms with Gasteiger partial charge in [0.25, 0.3) is 0 Å². The number of esters is 1. The highest BCUT2D eigenvalue weighted by atomic mass is 19.1. The second-order valence-corrected chi connectivity index (χ2v) is 7.73. The summed E-state index contributed by atoms with van der Waals surface area (Å²) < 4.78 is 30.3. The summed E-state index contributed by atoms with van der Waals surface area (Å²) in [6, 6.07) is 11.7. The van der Waals surface area contributed by atoms with E-state index in [4.69, 9.17) is 14.2 Å². The lowest BCUT2D eigenvalue weighted by atomic mass is 10.1. The van der Waals surface area contributed by atoms with Gasteiger partial charge in [0.15, 0.2) is 0 Å². The smallest absolute Gasteiger partial charge is 0.341 e. The Morgan fingerprint density at radius 1 is 1.18 bits per heavy atom. The van der Waals surface area contributed by atoms with Crippen molar-refractivity contribution in [2.24, 2.45) is 0 Å². The van der Waals surface area contributed by atoms with Gasteiger partial charge in [-0.1, -0.05) is 0 Å². The SMILES string of the molecule is CCOC(=O)c1cnc2ccc(F)cc2c1Nc1ccc(OCCCN2CCOCC2)cc1. The zero-order chi connectivity index (χ0) is 23.0. The van der Waals surface area contributed by atoms with Gasteiger partial charge in [-0.15, -0.1) is 0 Å². The minimum absolute atomic E-state index is 0.233. The van der Waals surface area contributed by atoms with E-state index in [-0.39, 0.29) is 12.2 Å². The molecule has 1 fully saturated rings. The van der Waals surface area contributed by atoms with Crippen LogP contribution in [0.4, 0.5) is 15.8 Å². The first kappa shape index (κ1) is 22.9. The number of ether oxygens (including phenoxy) is 3. The van der Waals surface area contributed by atoms with Crippen LogP contribution in [-0.2, 0) is 9.47 Å². The molecule has 0 amide bonds. The number of halogens is 1. The van der Waals surface area contributed by atoms with E-state index >= 15 is 0 Å². The topological polar surface area (TPSA) is 72.9 Å². The van der Waals surface area contributed by atoms with Crippen molar-refractivity contribution in [2.75, 3.05) is 51.4 Å². The van der Waals surface area contributed by atoms with E-state index in [1.165, 1.54) is 18.3 Å². The number of carbonyl (C=O) groups is 1. The molecule has 0 atom stereocenters. The van der Waals surface area contributed by atoms with Crippen LogP contribution in [0.2, 0.25) is 0 Å². The number of nitrogens with zero attached hydrogens (tertiary/aromatic N) is 2. The van der Waals surface area contributed by atoms with Crippen LogP contribution in [-0.4, -0.2) is 61.9 Å². The van der Waals surface area contributed by atoms with E-state index < -0.39 is 11.8 Å². The van der Waals surface area contributed by atoms with E-state index in [9.17, 15) is 9.18 Å². The van der Waals surface area contributed by atoms with Crippen LogP contribution in [0.5, 0.6) is 5.75 Å². The maximum absolute atomic E-state index is 14.0. The highest BCUT2D eigenvalue weighted by Crippen LogP contribution is 2.31. The van der Waals surface area contributed by atoms with Crippen molar-refractivity contribution in [3.63, 3.8) is 0 Å². The Morgan fingerprint density at radius 2 is 1.97 bits per heavy atom. The lowest BCUT2D eigenvalue weighted by Crippen LogP contribution is -2.37. The molecule has 1 aliphatic heterocycles. The lowest BCUT2D eigenvalue weighted by Gasteiger charge is -2.26. The van der Waals surface area contributed by atoms with Gasteiger partial charge in [-0.2, -0.15) is 0 Å². The number of nitrogens with one attached hydrogen (secondary N) is 1. The molecule has 33 heavy (non-hydrogen) atoms. The molecule has 174 valence electrons. The van der Waals surface area contributed by atoms with Crippen molar-refractivity contribution in [3.8, 4) is 5.75 Å². The van der Waals surface area contributed by atoms with Gasteiger partial charge >= 0.3 is 5.97 Å². The molecule has 4 rings (SSSR count). The fourth-order valence-corrected chi connectivity index (χ4v) is 3.74. The molecule has 3 aromatic rings. The number of carbonyl (C=O) groups excluding carboxylic acids is 1. The molecule has 0 saturated carbocycles. The molecule has 7 nitrogen and oxygen atoms in total. The van der Waals surface area contributed by atoms with Crippen LogP contribution in [0.3, 0.4) is 0 Å². The number of anilines is 2. The van der Waals surface area contributed by atoms with E-state index in [0.29, 0.717) is 23.2 Å². The van der Waals surface area contributed by atoms with Gasteiger partial charge in [0, 0.05) is 36.9 Å². The summed E-state index contributed by atoms with van der Waals surface area (Å²) in [5.74, 6) is -0.160. The largest absolute Gasteiger partial charge is 0.494 e. The Hall–Kier alpha value is -3.23. The summed E-state index contributed by atoms with van der Waals surface area (Å²) in [5, 5.41) is 3.74. The Bertz CT molecular complexity index is 1080. The predicted octanol–water partition coefficient (Wildman–Crippen LogP) is 4.40. The molecule has 1 aromatic heterocycles. The summed E-state index contributed by atoms with van der Waals surface area (Å²) in [6.07, 6.45) is 2.39. The molecule has 0 aliphatic carbocycles. The van der Waals surface area contributed by atoms with Crippen LogP contribution >= 0.6 is 0 Å². The number of morpholine rings is 1. The van der Waals surface area contributed by atoms with Crippen molar-refractivity contribution in [3.05, 3.63) is 60.0 Å². The third-order valence-electron chi connectivity index (χ3n) is 5.44. The number of hydrogen-bond donors (Lipinski definition) is 1. The Balaban J connectivity index is 1.44. The van der Waals surface area contributed by atoms with Crippen LogP contribution in [0.1, 0.15) is 23.7 Å². The van der Waals surface area contributed by atoms with Crippen molar-refractivity contribution < 1.29 is 23.4 Å². The van der Waals surface area contributed by atoms with Gasteiger partial charge in [0.1, 0.15) is 17.1 Å². The molecule has 8 heteroatoms. The molecular weight excluding hydrogens is 425 g/mol. The molecule has 2 aromatic carbocycles. The minimum atomic E-state index is -0.515. The van der Waals surface area contributed by atoms with Gasteiger partial charge < -0.3 is 19.5 Å². The average Bonchev–Trinajstić information content (AvgIpc) is 2.84. The Kier molecular flexibility index (Phi) is 7.70. The molecule has 0 bridgehead atoms. The molecule has 1 saturated heterocycles. The average molecular weight is 454 g/mol. The molecule has 0 unspecified atom stereocenters. The molecule has 0 radical (unpaired) electrons. The van der Waals surface area contributed by atoms with Gasteiger partial charge in [-0.25, -0.2) is 9.18 Å². The molecule has 0 spiro atoms. The fraction of sp³-hybridized carbons (Fsp3) is 0.360. The van der Waals surface area contributed by atoms with Crippen molar-refractivity contribution in [2.45, 2.75) is 13.3 Å². The molecule has 1 N–H and O–H groups in total. The lowest BCUT2D eigenvalue weighted by molar-refractivity contribution is 0.0358. The first-order chi connectivity index (χ1) is 16.1. The standard InChI is InChI=1S/C25H28FN3O4/c1-2-32-25(30)22-17-27-23-9-4-18(26)16-21(23)24(22)28-19-5-7-20(8-6-19)33-13-3-10-29-11-14-31-15-12-29/h4-9,16-17H,2-3,10-15H2,1H3,(H,27,28). The van der Waals surface area contributed by atoms with Crippen molar-refractivity contribution in [1.29, 1.82) is 0 Å². The first-order valence-corrected chi connectivity index (χ1v) is 11.2. The summed E-state index contributed by atoms with van der Waals surface area (Å²) >= 11 is 0. The van der Waals surface area contributed by atoms with Crippen molar-refractivity contribution >= 4 is 28.2 Å². The van der Waals surface area contributed by atoms with E-state index in [2.05, 4.69) is 15.2 Å². The molecular formula is C25H28FN3O4. The Morgan fingerprint density at radius 3 is 2.73 bits per heavy atom. The number of benzene rings is 2. The normalized spacial score (nSPS) is 14.2. The van der Waals surface area contributed by atoms with Gasteiger partial charge in [-0.05, 0) is 55.8 Å². The van der Waals surface area contributed by atoms with E-state index in [1.807, 2.05) is 24.3 Å². The summed E-state index contributed by atoms with van der Waals surface area (Å²) in [5.41, 5.74) is 2.01. The summed E-state index contributed by atoms with van der Waals surface area (Å²) in [7, 11) is 0. The van der Waals surface area contributed by atoms with E-state index in [0.717, 1.165) is 50.7 Å². The van der Waals surface area contributed by atoms with E-state index in [1.54, 1.807) is 13.0 Å². The number of fused-ring (bicyclic) bond motifs is 1. The monoisotopic (exact) mass is 453 g/mol. The predicted molar refractivity (Wildman–Crippen MR) is 125 cm³/mol.